The zero-order valence-electron chi connectivity index (χ0n) is 11.3. The third kappa shape index (κ3) is 3.47. The van der Waals surface area contributed by atoms with E-state index < -0.39 is 12.1 Å². The summed E-state index contributed by atoms with van der Waals surface area (Å²) in [5.74, 6) is -1.17. The number of piperidine rings is 1. The van der Waals surface area contributed by atoms with E-state index in [-0.39, 0.29) is 18.9 Å². The highest BCUT2D eigenvalue weighted by Gasteiger charge is 2.41. The van der Waals surface area contributed by atoms with E-state index in [2.05, 4.69) is 15.9 Å². The Morgan fingerprint density at radius 3 is 2.35 bits per heavy atom. The summed E-state index contributed by atoms with van der Waals surface area (Å²) < 4.78 is 38.8. The Morgan fingerprint density at radius 1 is 1.30 bits per heavy atom. The molecule has 0 aliphatic carbocycles. The van der Waals surface area contributed by atoms with Gasteiger partial charge in [0.05, 0.1) is 11.6 Å². The van der Waals surface area contributed by atoms with Crippen LogP contribution in [0.15, 0.2) is 22.7 Å². The summed E-state index contributed by atoms with van der Waals surface area (Å²) in [5.41, 5.74) is 7.76. The zero-order chi connectivity index (χ0) is 14.9. The van der Waals surface area contributed by atoms with Gasteiger partial charge in [0.1, 0.15) is 0 Å². The number of alkyl halides is 3. The summed E-state index contributed by atoms with van der Waals surface area (Å²) in [4.78, 5) is 2.00. The van der Waals surface area contributed by atoms with E-state index in [4.69, 9.17) is 5.73 Å². The van der Waals surface area contributed by atoms with Crippen molar-refractivity contribution in [2.75, 3.05) is 18.0 Å². The molecule has 0 radical (unpaired) electrons. The standard InChI is InChI=1S/C14H18BrF3N2/c1-9(19)10-2-3-13(12(15)8-10)20-6-4-11(5-7-20)14(16,17)18/h2-3,8-9,11H,4-7,19H2,1H3/t9-/m1/s1. The predicted molar refractivity (Wildman–Crippen MR) is 77.7 cm³/mol. The Balaban J connectivity index is 2.07. The van der Waals surface area contributed by atoms with Crippen LogP contribution in [0.5, 0.6) is 0 Å². The van der Waals surface area contributed by atoms with Crippen LogP contribution in [-0.4, -0.2) is 19.3 Å². The Labute approximate surface area is 125 Å². The van der Waals surface area contributed by atoms with Crippen LogP contribution in [0.2, 0.25) is 0 Å². The molecular formula is C14H18BrF3N2. The van der Waals surface area contributed by atoms with Gasteiger partial charge in [-0.25, -0.2) is 0 Å². The molecule has 1 aromatic carbocycles. The van der Waals surface area contributed by atoms with Crippen LogP contribution in [0.3, 0.4) is 0 Å². The van der Waals surface area contributed by atoms with Crippen LogP contribution in [0.25, 0.3) is 0 Å². The van der Waals surface area contributed by atoms with Crippen molar-refractivity contribution >= 4 is 21.6 Å². The van der Waals surface area contributed by atoms with Gasteiger partial charge in [0.25, 0.3) is 0 Å². The van der Waals surface area contributed by atoms with Crippen molar-refractivity contribution in [3.63, 3.8) is 0 Å². The quantitative estimate of drug-likeness (QED) is 0.863. The third-order valence-electron chi connectivity index (χ3n) is 3.80. The van der Waals surface area contributed by atoms with Crippen molar-refractivity contribution in [3.05, 3.63) is 28.2 Å². The van der Waals surface area contributed by atoms with E-state index in [9.17, 15) is 13.2 Å². The average Bonchev–Trinajstić information content (AvgIpc) is 2.37. The molecule has 1 aliphatic rings. The molecule has 2 nitrogen and oxygen atoms in total. The van der Waals surface area contributed by atoms with E-state index in [0.717, 1.165) is 15.7 Å². The number of nitrogens with two attached hydrogens (primary N) is 1. The number of nitrogens with zero attached hydrogens (tertiary/aromatic N) is 1. The lowest BCUT2D eigenvalue weighted by molar-refractivity contribution is -0.179. The van der Waals surface area contributed by atoms with Gasteiger partial charge in [0.2, 0.25) is 0 Å². The van der Waals surface area contributed by atoms with Crippen molar-refractivity contribution in [3.8, 4) is 0 Å². The van der Waals surface area contributed by atoms with Crippen LogP contribution in [-0.2, 0) is 0 Å². The van der Waals surface area contributed by atoms with Gasteiger partial charge in [-0.3, -0.25) is 0 Å². The third-order valence-corrected chi connectivity index (χ3v) is 4.43. The predicted octanol–water partition coefficient (Wildman–Crippen LogP) is 4.25. The molecule has 20 heavy (non-hydrogen) atoms. The molecule has 0 amide bonds. The van der Waals surface area contributed by atoms with Gasteiger partial charge in [-0.2, -0.15) is 13.2 Å². The van der Waals surface area contributed by atoms with Crippen LogP contribution < -0.4 is 10.6 Å². The summed E-state index contributed by atoms with van der Waals surface area (Å²) in [6, 6.07) is 5.74. The van der Waals surface area contributed by atoms with Gasteiger partial charge in [-0.05, 0) is 53.4 Å². The highest BCUT2D eigenvalue weighted by atomic mass is 79.9. The Kier molecular flexibility index (Phi) is 4.64. The van der Waals surface area contributed by atoms with Gasteiger partial charge in [-0.15, -0.1) is 0 Å². The highest BCUT2D eigenvalue weighted by molar-refractivity contribution is 9.10. The highest BCUT2D eigenvalue weighted by Crippen LogP contribution is 2.37. The normalized spacial score (nSPS) is 19.2. The van der Waals surface area contributed by atoms with Crippen LogP contribution >= 0.6 is 15.9 Å². The number of anilines is 1. The average molecular weight is 351 g/mol. The molecule has 0 saturated carbocycles. The van der Waals surface area contributed by atoms with Crippen molar-refractivity contribution in [2.24, 2.45) is 11.7 Å². The van der Waals surface area contributed by atoms with E-state index in [0.29, 0.717) is 13.1 Å². The SMILES string of the molecule is C[C@@H](N)c1ccc(N2CCC(C(F)(F)F)CC2)c(Br)c1. The molecule has 112 valence electrons. The zero-order valence-corrected chi connectivity index (χ0v) is 12.8. The van der Waals surface area contributed by atoms with Crippen molar-refractivity contribution in [1.29, 1.82) is 0 Å². The van der Waals surface area contributed by atoms with Gasteiger partial charge in [0, 0.05) is 23.6 Å². The minimum Gasteiger partial charge on any atom is -0.371 e. The smallest absolute Gasteiger partial charge is 0.371 e. The fourth-order valence-electron chi connectivity index (χ4n) is 2.51. The lowest BCUT2D eigenvalue weighted by atomic mass is 9.96. The molecule has 2 rings (SSSR count). The molecular weight excluding hydrogens is 333 g/mol. The maximum Gasteiger partial charge on any atom is 0.391 e. The van der Waals surface area contributed by atoms with Crippen LogP contribution in [0.4, 0.5) is 18.9 Å². The molecule has 6 heteroatoms. The second-order valence-electron chi connectivity index (χ2n) is 5.30. The molecule has 0 spiro atoms. The minimum absolute atomic E-state index is 0.0590. The largest absolute Gasteiger partial charge is 0.391 e. The number of benzene rings is 1. The molecule has 0 bridgehead atoms. The number of halogens is 4. The lowest BCUT2D eigenvalue weighted by Gasteiger charge is -2.35. The fraction of sp³-hybridized carbons (Fsp3) is 0.571. The topological polar surface area (TPSA) is 29.3 Å². The number of hydrogen-bond acceptors (Lipinski definition) is 2. The van der Waals surface area contributed by atoms with E-state index >= 15 is 0 Å². The second-order valence-corrected chi connectivity index (χ2v) is 6.16. The van der Waals surface area contributed by atoms with E-state index in [1.165, 1.54) is 0 Å². The fourth-order valence-corrected chi connectivity index (χ4v) is 3.16. The van der Waals surface area contributed by atoms with Crippen molar-refractivity contribution in [2.45, 2.75) is 32.0 Å². The summed E-state index contributed by atoms with van der Waals surface area (Å²) in [6.07, 6.45) is -3.75. The Hall–Kier alpha value is -0.750. The molecule has 1 heterocycles. The number of rotatable bonds is 2. The first-order chi connectivity index (χ1) is 9.29. The molecule has 1 aromatic rings. The summed E-state index contributed by atoms with van der Waals surface area (Å²) in [5, 5.41) is 0. The van der Waals surface area contributed by atoms with Gasteiger partial charge < -0.3 is 10.6 Å². The second kappa shape index (κ2) is 5.93. The molecule has 2 N–H and O–H groups in total. The first-order valence-electron chi connectivity index (χ1n) is 6.65. The molecule has 1 saturated heterocycles. The van der Waals surface area contributed by atoms with Gasteiger partial charge >= 0.3 is 6.18 Å². The lowest BCUT2D eigenvalue weighted by Crippen LogP contribution is -2.39. The van der Waals surface area contributed by atoms with E-state index in [1.807, 2.05) is 30.0 Å². The van der Waals surface area contributed by atoms with Crippen LogP contribution in [0.1, 0.15) is 31.4 Å². The molecule has 1 atom stereocenters. The van der Waals surface area contributed by atoms with Crippen molar-refractivity contribution in [1.82, 2.24) is 0 Å². The first kappa shape index (κ1) is 15.6. The summed E-state index contributed by atoms with van der Waals surface area (Å²) in [7, 11) is 0. The van der Waals surface area contributed by atoms with Gasteiger partial charge in [-0.1, -0.05) is 6.07 Å². The van der Waals surface area contributed by atoms with Gasteiger partial charge in [0.15, 0.2) is 0 Å². The monoisotopic (exact) mass is 350 g/mol. The minimum atomic E-state index is -4.07. The maximum atomic E-state index is 12.7. The Morgan fingerprint density at radius 2 is 1.90 bits per heavy atom. The Bertz CT molecular complexity index is 466. The molecule has 1 fully saturated rings. The molecule has 0 aromatic heterocycles. The maximum absolute atomic E-state index is 12.7. The van der Waals surface area contributed by atoms with E-state index in [1.54, 1.807) is 0 Å². The number of hydrogen-bond donors (Lipinski definition) is 1. The van der Waals surface area contributed by atoms with Crippen LogP contribution in [0, 0.1) is 5.92 Å². The summed E-state index contributed by atoms with van der Waals surface area (Å²) in [6.45, 7) is 2.76. The van der Waals surface area contributed by atoms with Crippen molar-refractivity contribution < 1.29 is 13.2 Å². The molecule has 0 unspecified atom stereocenters. The first-order valence-corrected chi connectivity index (χ1v) is 7.45. The summed E-state index contributed by atoms with van der Waals surface area (Å²) >= 11 is 3.49. The molecule has 1 aliphatic heterocycles.